The number of nitrogens with one attached hydrogen (secondary N) is 1. The Bertz CT molecular complexity index is 341. The molecule has 0 radical (unpaired) electrons. The number of hydrogen-bond donors (Lipinski definition) is 2. The zero-order valence-corrected chi connectivity index (χ0v) is 7.90. The number of guanidine groups is 1. The van der Waals surface area contributed by atoms with E-state index in [1.165, 1.54) is 12.1 Å². The Balaban J connectivity index is 2.90. The van der Waals surface area contributed by atoms with Crippen LogP contribution in [0.5, 0.6) is 0 Å². The van der Waals surface area contributed by atoms with Crippen molar-refractivity contribution in [2.75, 3.05) is 5.32 Å². The average molecular weight is 222 g/mol. The summed E-state index contributed by atoms with van der Waals surface area (Å²) >= 11 is 10.6. The summed E-state index contributed by atoms with van der Waals surface area (Å²) in [5.74, 6) is -0.598. The van der Waals surface area contributed by atoms with E-state index in [0.717, 1.165) is 6.07 Å². The average Bonchev–Trinajstić information content (AvgIpc) is 2.09. The van der Waals surface area contributed by atoms with Gasteiger partial charge in [-0.15, -0.1) is 4.51 Å². The number of anilines is 1. The highest BCUT2D eigenvalue weighted by atomic mass is 35.5. The molecule has 0 atom stereocenters. The van der Waals surface area contributed by atoms with Crippen LogP contribution in [0.4, 0.5) is 10.1 Å². The molecule has 0 fully saturated rings. The standard InChI is InChI=1S/C7H6Cl2FN3/c8-4-1-2-6(5(10)3-4)12-7(11)13-9/h1-3H,(H3,11,12,13). The van der Waals surface area contributed by atoms with Crippen molar-refractivity contribution in [1.29, 1.82) is 0 Å². The van der Waals surface area contributed by atoms with E-state index in [2.05, 4.69) is 9.83 Å². The molecule has 1 aromatic rings. The first-order valence-corrected chi connectivity index (χ1v) is 4.01. The molecule has 1 aromatic carbocycles. The lowest BCUT2D eigenvalue weighted by Gasteiger charge is -2.04. The van der Waals surface area contributed by atoms with Gasteiger partial charge < -0.3 is 11.1 Å². The Kier molecular flexibility index (Phi) is 3.33. The van der Waals surface area contributed by atoms with Crippen LogP contribution in [-0.2, 0) is 0 Å². The summed E-state index contributed by atoms with van der Waals surface area (Å²) < 4.78 is 16.1. The van der Waals surface area contributed by atoms with Crippen molar-refractivity contribution in [2.45, 2.75) is 0 Å². The van der Waals surface area contributed by atoms with Crippen LogP contribution in [0, 0.1) is 5.82 Å². The molecular formula is C7H6Cl2FN3. The molecule has 0 amide bonds. The SMILES string of the molecule is NC(=NCl)Nc1ccc(Cl)cc1F. The molecule has 0 saturated carbocycles. The van der Waals surface area contributed by atoms with E-state index < -0.39 is 5.82 Å². The Hall–Kier alpha value is -1.00. The fourth-order valence-corrected chi connectivity index (χ4v) is 0.951. The molecule has 70 valence electrons. The third-order valence-corrected chi connectivity index (χ3v) is 1.70. The molecule has 0 aliphatic carbocycles. The topological polar surface area (TPSA) is 50.4 Å². The van der Waals surface area contributed by atoms with Gasteiger partial charge in [-0.2, -0.15) is 0 Å². The molecule has 0 heterocycles. The Morgan fingerprint density at radius 1 is 1.54 bits per heavy atom. The molecule has 13 heavy (non-hydrogen) atoms. The lowest BCUT2D eigenvalue weighted by Crippen LogP contribution is -2.21. The maximum atomic E-state index is 13.0. The molecule has 0 aliphatic heterocycles. The molecule has 0 aliphatic rings. The smallest absolute Gasteiger partial charge is 0.210 e. The van der Waals surface area contributed by atoms with Gasteiger partial charge in [-0.25, -0.2) is 4.39 Å². The Morgan fingerprint density at radius 3 is 2.77 bits per heavy atom. The second kappa shape index (κ2) is 4.30. The Morgan fingerprint density at radius 2 is 2.23 bits per heavy atom. The van der Waals surface area contributed by atoms with Gasteiger partial charge in [0.25, 0.3) is 0 Å². The highest BCUT2D eigenvalue weighted by molar-refractivity contribution is 6.30. The summed E-state index contributed by atoms with van der Waals surface area (Å²) in [7, 11) is 0. The van der Waals surface area contributed by atoms with Gasteiger partial charge in [0.2, 0.25) is 5.96 Å². The predicted molar refractivity (Wildman–Crippen MR) is 52.5 cm³/mol. The van der Waals surface area contributed by atoms with Gasteiger partial charge in [0.05, 0.1) is 5.69 Å². The van der Waals surface area contributed by atoms with Crippen LogP contribution in [0.15, 0.2) is 22.7 Å². The molecule has 0 bridgehead atoms. The molecule has 1 rings (SSSR count). The maximum absolute atomic E-state index is 13.0. The van der Waals surface area contributed by atoms with Gasteiger partial charge in [-0.05, 0) is 18.2 Å². The van der Waals surface area contributed by atoms with E-state index in [1.807, 2.05) is 0 Å². The maximum Gasteiger partial charge on any atom is 0.210 e. The van der Waals surface area contributed by atoms with Crippen LogP contribution in [-0.4, -0.2) is 5.96 Å². The van der Waals surface area contributed by atoms with E-state index in [0.29, 0.717) is 5.02 Å². The van der Waals surface area contributed by atoms with Crippen LogP contribution in [0.3, 0.4) is 0 Å². The van der Waals surface area contributed by atoms with E-state index in [9.17, 15) is 4.39 Å². The van der Waals surface area contributed by atoms with Crippen molar-refractivity contribution in [3.8, 4) is 0 Å². The lowest BCUT2D eigenvalue weighted by atomic mass is 10.3. The van der Waals surface area contributed by atoms with Crippen LogP contribution in [0.25, 0.3) is 0 Å². The van der Waals surface area contributed by atoms with Crippen molar-refractivity contribution in [2.24, 2.45) is 10.2 Å². The fraction of sp³-hybridized carbons (Fsp3) is 0. The summed E-state index contributed by atoms with van der Waals surface area (Å²) in [6.45, 7) is 0. The third-order valence-electron chi connectivity index (χ3n) is 1.28. The monoisotopic (exact) mass is 221 g/mol. The van der Waals surface area contributed by atoms with E-state index >= 15 is 0 Å². The third kappa shape index (κ3) is 2.75. The molecule has 3 nitrogen and oxygen atoms in total. The van der Waals surface area contributed by atoms with Crippen LogP contribution < -0.4 is 11.1 Å². The first kappa shape index (κ1) is 10.1. The number of halogens is 3. The number of nitrogens with two attached hydrogens (primary N) is 1. The molecule has 0 unspecified atom stereocenters. The van der Waals surface area contributed by atoms with Crippen LogP contribution >= 0.6 is 23.4 Å². The van der Waals surface area contributed by atoms with Crippen LogP contribution in [0.1, 0.15) is 0 Å². The molecule has 3 N–H and O–H groups in total. The number of benzene rings is 1. The summed E-state index contributed by atoms with van der Waals surface area (Å²) in [6.07, 6.45) is 0. The van der Waals surface area contributed by atoms with Gasteiger partial charge in [-0.1, -0.05) is 11.6 Å². The number of nitrogens with zero attached hydrogens (tertiary/aromatic N) is 1. The van der Waals surface area contributed by atoms with Crippen molar-refractivity contribution < 1.29 is 4.39 Å². The highest BCUT2D eigenvalue weighted by Gasteiger charge is 2.02. The largest absolute Gasteiger partial charge is 0.369 e. The van der Waals surface area contributed by atoms with Gasteiger partial charge in [0.15, 0.2) is 0 Å². The minimum absolute atomic E-state index is 0.0807. The van der Waals surface area contributed by atoms with Gasteiger partial charge in [-0.3, -0.25) is 0 Å². The van der Waals surface area contributed by atoms with E-state index in [-0.39, 0.29) is 11.6 Å². The normalized spacial score (nSPS) is 11.5. The summed E-state index contributed by atoms with van der Waals surface area (Å²) in [5.41, 5.74) is 5.39. The second-order valence-electron chi connectivity index (χ2n) is 2.22. The molecule has 6 heteroatoms. The van der Waals surface area contributed by atoms with E-state index in [1.54, 1.807) is 0 Å². The lowest BCUT2D eigenvalue weighted by molar-refractivity contribution is 0.632. The van der Waals surface area contributed by atoms with Crippen molar-refractivity contribution in [1.82, 2.24) is 0 Å². The zero-order chi connectivity index (χ0) is 9.84. The second-order valence-corrected chi connectivity index (χ2v) is 2.82. The van der Waals surface area contributed by atoms with E-state index in [4.69, 9.17) is 29.1 Å². The molecule has 0 spiro atoms. The highest BCUT2D eigenvalue weighted by Crippen LogP contribution is 2.18. The minimum Gasteiger partial charge on any atom is -0.369 e. The molecular weight excluding hydrogens is 216 g/mol. The summed E-state index contributed by atoms with van der Waals surface area (Å²) in [6, 6.07) is 4.12. The van der Waals surface area contributed by atoms with Crippen molar-refractivity contribution in [3.05, 3.63) is 29.0 Å². The Labute approximate surface area is 84.5 Å². The zero-order valence-electron chi connectivity index (χ0n) is 6.39. The first-order chi connectivity index (χ1) is 6.13. The summed E-state index contributed by atoms with van der Waals surface area (Å²) in [4.78, 5) is 0. The number of rotatable bonds is 1. The fourth-order valence-electron chi connectivity index (χ4n) is 0.750. The van der Waals surface area contributed by atoms with Crippen molar-refractivity contribution in [3.63, 3.8) is 0 Å². The molecule has 0 saturated heterocycles. The van der Waals surface area contributed by atoms with Gasteiger partial charge >= 0.3 is 0 Å². The predicted octanol–water partition coefficient (Wildman–Crippen LogP) is 2.36. The minimum atomic E-state index is -0.518. The van der Waals surface area contributed by atoms with Crippen LogP contribution in [0.2, 0.25) is 5.02 Å². The van der Waals surface area contributed by atoms with Gasteiger partial charge in [0, 0.05) is 16.8 Å². The van der Waals surface area contributed by atoms with Gasteiger partial charge in [0.1, 0.15) is 5.82 Å². The summed E-state index contributed by atoms with van der Waals surface area (Å²) in [5, 5.41) is 2.76. The first-order valence-electron chi connectivity index (χ1n) is 3.30. The molecule has 0 aromatic heterocycles. The van der Waals surface area contributed by atoms with Crippen molar-refractivity contribution >= 4 is 35.0 Å². The quantitative estimate of drug-likeness (QED) is 0.566. The number of hydrogen-bond acceptors (Lipinski definition) is 1.